The minimum absolute atomic E-state index is 0.0774. The number of anilines is 1. The second kappa shape index (κ2) is 7.57. The van der Waals surface area contributed by atoms with Crippen LogP contribution in [-0.2, 0) is 6.54 Å². The van der Waals surface area contributed by atoms with Crippen LogP contribution in [0.5, 0.6) is 0 Å². The highest BCUT2D eigenvalue weighted by Crippen LogP contribution is 2.43. The van der Waals surface area contributed by atoms with Crippen LogP contribution in [0.25, 0.3) is 0 Å². The summed E-state index contributed by atoms with van der Waals surface area (Å²) in [5.74, 6) is -0.396. The van der Waals surface area contributed by atoms with Crippen molar-refractivity contribution in [3.8, 4) is 0 Å². The van der Waals surface area contributed by atoms with E-state index in [2.05, 4.69) is 20.7 Å². The number of carbonyl (C=O) groups is 1. The van der Waals surface area contributed by atoms with Crippen LogP contribution in [0.4, 0.5) is 19.0 Å². The van der Waals surface area contributed by atoms with Gasteiger partial charge in [-0.05, 0) is 17.7 Å². The van der Waals surface area contributed by atoms with Crippen molar-refractivity contribution in [2.24, 2.45) is 0 Å². The topological polar surface area (TPSA) is 71.8 Å². The summed E-state index contributed by atoms with van der Waals surface area (Å²) in [4.78, 5) is 16.5. The minimum atomic E-state index is -4.49. The van der Waals surface area contributed by atoms with Crippen molar-refractivity contribution < 1.29 is 18.0 Å². The van der Waals surface area contributed by atoms with Crippen LogP contribution in [-0.4, -0.2) is 26.8 Å². The Hall–Kier alpha value is -3.36. The highest BCUT2D eigenvalue weighted by Gasteiger charge is 2.46. The van der Waals surface area contributed by atoms with E-state index in [1.807, 2.05) is 6.07 Å². The average Bonchev–Trinajstić information content (AvgIpc) is 3.16. The third kappa shape index (κ3) is 4.08. The van der Waals surface area contributed by atoms with Crippen LogP contribution < -0.4 is 10.6 Å². The largest absolute Gasteiger partial charge is 0.410 e. The van der Waals surface area contributed by atoms with E-state index in [1.54, 1.807) is 48.7 Å². The molecule has 4 rings (SSSR count). The fourth-order valence-electron chi connectivity index (χ4n) is 3.35. The molecular formula is C20H18F3N5O. The molecule has 0 aliphatic carbocycles. The quantitative estimate of drug-likeness (QED) is 0.696. The Kier molecular flexibility index (Phi) is 4.96. The minimum Gasteiger partial charge on any atom is -0.363 e. The van der Waals surface area contributed by atoms with Crippen molar-refractivity contribution in [3.63, 3.8) is 0 Å². The molecule has 2 atom stereocenters. The summed E-state index contributed by atoms with van der Waals surface area (Å²) in [5.41, 5.74) is 1.31. The number of nitrogens with zero attached hydrogens (tertiary/aromatic N) is 3. The molecule has 0 bridgehead atoms. The molecule has 9 heteroatoms. The van der Waals surface area contributed by atoms with Gasteiger partial charge in [-0.15, -0.1) is 0 Å². The summed E-state index contributed by atoms with van der Waals surface area (Å²) in [7, 11) is 0. The second-order valence-corrected chi connectivity index (χ2v) is 6.76. The number of pyridine rings is 1. The first-order valence-electron chi connectivity index (χ1n) is 9.07. The average molecular weight is 401 g/mol. The smallest absolute Gasteiger partial charge is 0.363 e. The molecule has 3 aromatic rings. The lowest BCUT2D eigenvalue weighted by Gasteiger charge is -2.33. The van der Waals surface area contributed by atoms with Crippen molar-refractivity contribution in [2.75, 3.05) is 5.32 Å². The maximum Gasteiger partial charge on any atom is 0.410 e. The maximum atomic E-state index is 13.7. The lowest BCUT2D eigenvalue weighted by molar-refractivity contribution is -0.173. The number of hydrogen-bond donors (Lipinski definition) is 2. The number of halogens is 3. The molecule has 150 valence electrons. The van der Waals surface area contributed by atoms with Crippen LogP contribution in [0.1, 0.15) is 40.3 Å². The Labute approximate surface area is 164 Å². The van der Waals surface area contributed by atoms with E-state index >= 15 is 0 Å². The van der Waals surface area contributed by atoms with E-state index in [0.29, 0.717) is 5.69 Å². The Morgan fingerprint density at radius 3 is 2.62 bits per heavy atom. The van der Waals surface area contributed by atoms with Crippen LogP contribution in [0, 0.1) is 0 Å². The van der Waals surface area contributed by atoms with Crippen molar-refractivity contribution in [1.82, 2.24) is 20.1 Å². The molecule has 1 aliphatic rings. The van der Waals surface area contributed by atoms with Gasteiger partial charge >= 0.3 is 6.18 Å². The highest BCUT2D eigenvalue weighted by molar-refractivity contribution is 5.93. The lowest BCUT2D eigenvalue weighted by atomic mass is 9.97. The Bertz CT molecular complexity index is 988. The molecule has 1 amide bonds. The number of benzene rings is 1. The van der Waals surface area contributed by atoms with Gasteiger partial charge in [0.15, 0.2) is 11.7 Å². The first kappa shape index (κ1) is 19.0. The van der Waals surface area contributed by atoms with Crippen LogP contribution in [0.2, 0.25) is 0 Å². The number of aromatic nitrogens is 3. The van der Waals surface area contributed by atoms with Gasteiger partial charge in [0, 0.05) is 18.7 Å². The fourth-order valence-corrected chi connectivity index (χ4v) is 3.35. The molecule has 2 aromatic heterocycles. The maximum absolute atomic E-state index is 13.7. The van der Waals surface area contributed by atoms with Gasteiger partial charge in [-0.3, -0.25) is 9.78 Å². The predicted octanol–water partition coefficient (Wildman–Crippen LogP) is 3.87. The zero-order valence-corrected chi connectivity index (χ0v) is 15.2. The highest BCUT2D eigenvalue weighted by atomic mass is 19.4. The van der Waals surface area contributed by atoms with E-state index in [1.165, 1.54) is 6.07 Å². The predicted molar refractivity (Wildman–Crippen MR) is 100 cm³/mol. The van der Waals surface area contributed by atoms with Gasteiger partial charge in [-0.25, -0.2) is 4.68 Å². The molecule has 3 heterocycles. The zero-order chi connectivity index (χ0) is 20.4. The molecule has 0 radical (unpaired) electrons. The van der Waals surface area contributed by atoms with E-state index in [4.69, 9.17) is 0 Å². The molecule has 0 fully saturated rings. The van der Waals surface area contributed by atoms with E-state index in [-0.39, 0.29) is 24.5 Å². The number of carbonyl (C=O) groups excluding carboxylic acids is 1. The summed E-state index contributed by atoms with van der Waals surface area (Å²) in [6.07, 6.45) is -3.10. The summed E-state index contributed by atoms with van der Waals surface area (Å²) < 4.78 is 41.9. The van der Waals surface area contributed by atoms with E-state index < -0.39 is 24.2 Å². The number of nitrogens with one attached hydrogen (secondary N) is 2. The second-order valence-electron chi connectivity index (χ2n) is 6.76. The van der Waals surface area contributed by atoms with E-state index in [0.717, 1.165) is 10.2 Å². The first-order chi connectivity index (χ1) is 13.9. The van der Waals surface area contributed by atoms with Crippen molar-refractivity contribution in [3.05, 3.63) is 77.7 Å². The van der Waals surface area contributed by atoms with Crippen LogP contribution in [0.15, 0.2) is 60.8 Å². The van der Waals surface area contributed by atoms with Gasteiger partial charge < -0.3 is 10.6 Å². The molecule has 1 aromatic carbocycles. The molecule has 29 heavy (non-hydrogen) atoms. The standard InChI is InChI=1S/C20H18F3N5O/c21-20(22,23)17-10-15(13-6-2-1-3-7-13)26-18-11-16(27-28(17)18)19(29)25-12-14-8-4-5-9-24-14/h1-9,11,15,17,26H,10,12H2,(H,25,29)/t15-,17-/m1/s1. The van der Waals surface area contributed by atoms with Gasteiger partial charge in [0.25, 0.3) is 5.91 Å². The zero-order valence-electron chi connectivity index (χ0n) is 15.2. The Balaban J connectivity index is 1.58. The van der Waals surface area contributed by atoms with Crippen LogP contribution >= 0.6 is 0 Å². The SMILES string of the molecule is O=C(NCc1ccccn1)c1cc2n(n1)[C@@H](C(F)(F)F)C[C@H](c1ccccc1)N2. The summed E-state index contributed by atoms with van der Waals surface area (Å²) in [6, 6.07) is 13.2. The fraction of sp³-hybridized carbons (Fsp3) is 0.250. The summed E-state index contributed by atoms with van der Waals surface area (Å²) in [6.45, 7) is 0.157. The third-order valence-corrected chi connectivity index (χ3v) is 4.78. The van der Waals surface area contributed by atoms with Crippen molar-refractivity contribution >= 4 is 11.7 Å². The number of fused-ring (bicyclic) bond motifs is 1. The third-order valence-electron chi connectivity index (χ3n) is 4.78. The molecular weight excluding hydrogens is 383 g/mol. The van der Waals surface area contributed by atoms with Crippen molar-refractivity contribution in [2.45, 2.75) is 31.2 Å². The lowest BCUT2D eigenvalue weighted by Crippen LogP contribution is -2.35. The van der Waals surface area contributed by atoms with Crippen LogP contribution in [0.3, 0.4) is 0 Å². The number of alkyl halides is 3. The number of hydrogen-bond acceptors (Lipinski definition) is 4. The van der Waals surface area contributed by atoms with Crippen molar-refractivity contribution in [1.29, 1.82) is 0 Å². The Morgan fingerprint density at radius 2 is 1.93 bits per heavy atom. The first-order valence-corrected chi connectivity index (χ1v) is 9.07. The number of amides is 1. The number of rotatable bonds is 4. The molecule has 0 saturated heterocycles. The molecule has 6 nitrogen and oxygen atoms in total. The van der Waals surface area contributed by atoms with Gasteiger partial charge in [0.05, 0.1) is 18.3 Å². The van der Waals surface area contributed by atoms with Gasteiger partial charge in [0.2, 0.25) is 0 Å². The molecule has 0 saturated carbocycles. The normalized spacial score (nSPS) is 18.6. The monoisotopic (exact) mass is 401 g/mol. The van der Waals surface area contributed by atoms with Gasteiger partial charge in [-0.2, -0.15) is 18.3 Å². The van der Waals surface area contributed by atoms with E-state index in [9.17, 15) is 18.0 Å². The molecule has 0 unspecified atom stereocenters. The summed E-state index contributed by atoms with van der Waals surface area (Å²) in [5, 5.41) is 9.65. The Morgan fingerprint density at radius 1 is 1.17 bits per heavy atom. The van der Waals surface area contributed by atoms with Gasteiger partial charge in [-0.1, -0.05) is 36.4 Å². The molecule has 2 N–H and O–H groups in total. The van der Waals surface area contributed by atoms with Gasteiger partial charge in [0.1, 0.15) is 5.82 Å². The molecule has 0 spiro atoms. The molecule has 1 aliphatic heterocycles. The summed E-state index contributed by atoms with van der Waals surface area (Å²) >= 11 is 0.